The van der Waals surface area contributed by atoms with Crippen LogP contribution < -0.4 is 5.32 Å². The highest BCUT2D eigenvalue weighted by Crippen LogP contribution is 2.20. The van der Waals surface area contributed by atoms with Crippen LogP contribution in [0.2, 0.25) is 0 Å². The van der Waals surface area contributed by atoms with Crippen molar-refractivity contribution < 1.29 is 9.90 Å². The summed E-state index contributed by atoms with van der Waals surface area (Å²) >= 11 is 0. The third kappa shape index (κ3) is 2.79. The first kappa shape index (κ1) is 12.2. The molecule has 4 heteroatoms. The molecule has 4 nitrogen and oxygen atoms in total. The van der Waals surface area contributed by atoms with Gasteiger partial charge < -0.3 is 15.0 Å². The average Bonchev–Trinajstić information content (AvgIpc) is 3.14. The lowest BCUT2D eigenvalue weighted by atomic mass is 10.2. The highest BCUT2D eigenvalue weighted by molar-refractivity contribution is 5.81. The van der Waals surface area contributed by atoms with E-state index in [9.17, 15) is 4.79 Å². The first-order chi connectivity index (χ1) is 9.26. The van der Waals surface area contributed by atoms with Gasteiger partial charge in [-0.3, -0.25) is 4.79 Å². The number of amides is 1. The molecule has 1 fully saturated rings. The average molecular weight is 258 g/mol. The van der Waals surface area contributed by atoms with Crippen LogP contribution in [0.5, 0.6) is 0 Å². The molecule has 0 radical (unpaired) electrons. The molecule has 1 amide bonds. The summed E-state index contributed by atoms with van der Waals surface area (Å²) in [6.07, 6.45) is 4.77. The van der Waals surface area contributed by atoms with Crippen LogP contribution in [-0.4, -0.2) is 21.6 Å². The number of hydrogen-bond acceptors (Lipinski definition) is 2. The number of aliphatic hydroxyl groups excluding tert-OH is 1. The van der Waals surface area contributed by atoms with Crippen molar-refractivity contribution in [2.24, 2.45) is 0 Å². The SMILES string of the molecule is O=C(CCn1ccc2cc(CO)ccc21)NC1CC1. The minimum Gasteiger partial charge on any atom is -0.392 e. The van der Waals surface area contributed by atoms with Crippen molar-refractivity contribution in [3.8, 4) is 0 Å². The van der Waals surface area contributed by atoms with Gasteiger partial charge in [0.15, 0.2) is 0 Å². The first-order valence-corrected chi connectivity index (χ1v) is 6.74. The number of fused-ring (bicyclic) bond motifs is 1. The Kier molecular flexibility index (Phi) is 3.25. The monoisotopic (exact) mass is 258 g/mol. The summed E-state index contributed by atoms with van der Waals surface area (Å²) < 4.78 is 2.09. The van der Waals surface area contributed by atoms with Gasteiger partial charge in [0, 0.05) is 30.7 Å². The lowest BCUT2D eigenvalue weighted by Crippen LogP contribution is -2.26. The van der Waals surface area contributed by atoms with Crippen LogP contribution >= 0.6 is 0 Å². The number of aryl methyl sites for hydroxylation is 1. The molecule has 1 heterocycles. The molecule has 0 saturated heterocycles. The fourth-order valence-electron chi connectivity index (χ4n) is 2.29. The van der Waals surface area contributed by atoms with Crippen LogP contribution in [0.15, 0.2) is 30.5 Å². The van der Waals surface area contributed by atoms with Crippen molar-refractivity contribution in [2.45, 2.75) is 38.5 Å². The zero-order chi connectivity index (χ0) is 13.2. The van der Waals surface area contributed by atoms with Gasteiger partial charge in [-0.25, -0.2) is 0 Å². The molecule has 1 aliphatic carbocycles. The van der Waals surface area contributed by atoms with Gasteiger partial charge in [0.2, 0.25) is 5.91 Å². The zero-order valence-corrected chi connectivity index (χ0v) is 10.8. The van der Waals surface area contributed by atoms with Crippen molar-refractivity contribution in [3.63, 3.8) is 0 Å². The summed E-state index contributed by atoms with van der Waals surface area (Å²) in [7, 11) is 0. The predicted molar refractivity (Wildman–Crippen MR) is 73.6 cm³/mol. The number of hydrogen-bond donors (Lipinski definition) is 2. The molecule has 0 unspecified atom stereocenters. The van der Waals surface area contributed by atoms with E-state index in [1.807, 2.05) is 30.5 Å². The van der Waals surface area contributed by atoms with Gasteiger partial charge in [0.25, 0.3) is 0 Å². The van der Waals surface area contributed by atoms with Crippen LogP contribution in [0.3, 0.4) is 0 Å². The summed E-state index contributed by atoms with van der Waals surface area (Å²) in [6, 6.07) is 8.35. The molecule has 3 rings (SSSR count). The van der Waals surface area contributed by atoms with E-state index < -0.39 is 0 Å². The Morgan fingerprint density at radius 1 is 1.37 bits per heavy atom. The lowest BCUT2D eigenvalue weighted by Gasteiger charge is -2.06. The van der Waals surface area contributed by atoms with Crippen LogP contribution in [0.4, 0.5) is 0 Å². The van der Waals surface area contributed by atoms with Crippen LogP contribution in [0.1, 0.15) is 24.8 Å². The smallest absolute Gasteiger partial charge is 0.222 e. The summed E-state index contributed by atoms with van der Waals surface area (Å²) in [4.78, 5) is 11.7. The van der Waals surface area contributed by atoms with E-state index in [-0.39, 0.29) is 12.5 Å². The number of aromatic nitrogens is 1. The second kappa shape index (κ2) is 5.05. The molecule has 100 valence electrons. The minimum atomic E-state index is 0.0604. The van der Waals surface area contributed by atoms with E-state index in [0.29, 0.717) is 19.0 Å². The highest BCUT2D eigenvalue weighted by Gasteiger charge is 2.22. The normalized spacial score (nSPS) is 14.8. The Bertz CT molecular complexity index is 599. The molecule has 2 N–H and O–H groups in total. The number of nitrogens with zero attached hydrogens (tertiary/aromatic N) is 1. The molecule has 1 aromatic carbocycles. The number of rotatable bonds is 5. The molecule has 0 aliphatic heterocycles. The second-order valence-corrected chi connectivity index (χ2v) is 5.15. The van der Waals surface area contributed by atoms with Gasteiger partial charge in [0.05, 0.1) is 6.61 Å². The Hall–Kier alpha value is -1.81. The molecular formula is C15H18N2O2. The van der Waals surface area contributed by atoms with E-state index in [4.69, 9.17) is 5.11 Å². The molecule has 1 aromatic heterocycles. The standard InChI is InChI=1S/C15H18N2O2/c18-10-11-1-4-14-12(9-11)5-7-17(14)8-6-15(19)16-13-2-3-13/h1,4-5,7,9,13,18H,2-3,6,8,10H2,(H,16,19). The molecule has 19 heavy (non-hydrogen) atoms. The van der Waals surface area contributed by atoms with Gasteiger partial charge in [-0.2, -0.15) is 0 Å². The van der Waals surface area contributed by atoms with E-state index >= 15 is 0 Å². The zero-order valence-electron chi connectivity index (χ0n) is 10.8. The number of nitrogens with one attached hydrogen (secondary N) is 1. The molecular weight excluding hydrogens is 240 g/mol. The maximum absolute atomic E-state index is 11.7. The lowest BCUT2D eigenvalue weighted by molar-refractivity contribution is -0.121. The van der Waals surface area contributed by atoms with Crippen LogP contribution in [0.25, 0.3) is 10.9 Å². The van der Waals surface area contributed by atoms with Crippen molar-refractivity contribution in [1.82, 2.24) is 9.88 Å². The highest BCUT2D eigenvalue weighted by atomic mass is 16.3. The van der Waals surface area contributed by atoms with Crippen LogP contribution in [0, 0.1) is 0 Å². The molecule has 0 spiro atoms. The fraction of sp³-hybridized carbons (Fsp3) is 0.400. The third-order valence-electron chi connectivity index (χ3n) is 3.54. The first-order valence-electron chi connectivity index (χ1n) is 6.74. The van der Waals surface area contributed by atoms with Crippen molar-refractivity contribution in [2.75, 3.05) is 0 Å². The van der Waals surface area contributed by atoms with E-state index in [1.165, 1.54) is 0 Å². The largest absolute Gasteiger partial charge is 0.392 e. The van der Waals surface area contributed by atoms with Gasteiger partial charge in [-0.05, 0) is 42.0 Å². The van der Waals surface area contributed by atoms with Crippen molar-refractivity contribution in [3.05, 3.63) is 36.0 Å². The van der Waals surface area contributed by atoms with Gasteiger partial charge in [-0.15, -0.1) is 0 Å². The summed E-state index contributed by atoms with van der Waals surface area (Å²) in [6.45, 7) is 0.755. The Balaban J connectivity index is 1.68. The maximum Gasteiger partial charge on any atom is 0.222 e. The third-order valence-corrected chi connectivity index (χ3v) is 3.54. The van der Waals surface area contributed by atoms with Crippen molar-refractivity contribution >= 4 is 16.8 Å². The number of carbonyl (C=O) groups excluding carboxylic acids is 1. The molecule has 2 aromatic rings. The maximum atomic E-state index is 11.7. The van der Waals surface area contributed by atoms with Crippen LogP contribution in [-0.2, 0) is 17.9 Å². The Labute approximate surface area is 112 Å². The van der Waals surface area contributed by atoms with Crippen molar-refractivity contribution in [1.29, 1.82) is 0 Å². The number of benzene rings is 1. The molecule has 0 atom stereocenters. The van der Waals surface area contributed by atoms with Gasteiger partial charge >= 0.3 is 0 Å². The molecule has 0 bridgehead atoms. The van der Waals surface area contributed by atoms with Gasteiger partial charge in [-0.1, -0.05) is 6.07 Å². The molecule has 1 aliphatic rings. The number of aliphatic hydroxyl groups is 1. The summed E-state index contributed by atoms with van der Waals surface area (Å²) in [5.74, 6) is 0.135. The summed E-state index contributed by atoms with van der Waals surface area (Å²) in [5, 5.41) is 13.2. The Morgan fingerprint density at radius 2 is 2.21 bits per heavy atom. The topological polar surface area (TPSA) is 54.3 Å². The quantitative estimate of drug-likeness (QED) is 0.859. The minimum absolute atomic E-state index is 0.0604. The van der Waals surface area contributed by atoms with E-state index in [0.717, 1.165) is 29.3 Å². The molecule has 1 saturated carbocycles. The predicted octanol–water partition coefficient (Wildman–Crippen LogP) is 1.80. The second-order valence-electron chi connectivity index (χ2n) is 5.15. The van der Waals surface area contributed by atoms with E-state index in [1.54, 1.807) is 0 Å². The number of carbonyl (C=O) groups is 1. The Morgan fingerprint density at radius 3 is 2.95 bits per heavy atom. The van der Waals surface area contributed by atoms with Gasteiger partial charge in [0.1, 0.15) is 0 Å². The van der Waals surface area contributed by atoms with E-state index in [2.05, 4.69) is 9.88 Å². The summed E-state index contributed by atoms with van der Waals surface area (Å²) in [5.41, 5.74) is 2.02. The fourth-order valence-corrected chi connectivity index (χ4v) is 2.29.